The lowest BCUT2D eigenvalue weighted by Crippen LogP contribution is -2.17. The maximum absolute atomic E-state index is 13.6. The highest BCUT2D eigenvalue weighted by Crippen LogP contribution is 2.23. The molecule has 110 valence electrons. The number of carbonyl (C=O) groups is 1. The average molecular weight is 288 g/mol. The Bertz CT molecular complexity index is 687. The van der Waals surface area contributed by atoms with E-state index in [1.807, 2.05) is 13.0 Å². The Balaban J connectivity index is 2.29. The van der Waals surface area contributed by atoms with Gasteiger partial charge in [0.1, 0.15) is 11.6 Å². The van der Waals surface area contributed by atoms with Gasteiger partial charge in [-0.2, -0.15) is 0 Å². The van der Waals surface area contributed by atoms with Crippen LogP contribution < -0.4 is 16.8 Å². The van der Waals surface area contributed by atoms with Crippen molar-refractivity contribution in [2.24, 2.45) is 5.73 Å². The van der Waals surface area contributed by atoms with Gasteiger partial charge in [-0.05, 0) is 37.1 Å². The van der Waals surface area contributed by atoms with Gasteiger partial charge in [0.05, 0.1) is 23.5 Å². The summed E-state index contributed by atoms with van der Waals surface area (Å²) in [7, 11) is 0. The molecular formula is C15H17FN4O. The molecule has 0 saturated heterocycles. The fourth-order valence-corrected chi connectivity index (χ4v) is 1.95. The maximum atomic E-state index is 13.6. The van der Waals surface area contributed by atoms with Crippen molar-refractivity contribution in [2.45, 2.75) is 19.9 Å². The highest BCUT2D eigenvalue weighted by Gasteiger charge is 2.14. The van der Waals surface area contributed by atoms with Gasteiger partial charge >= 0.3 is 0 Å². The van der Waals surface area contributed by atoms with Gasteiger partial charge in [-0.1, -0.05) is 12.1 Å². The Morgan fingerprint density at radius 2 is 2.10 bits per heavy atom. The highest BCUT2D eigenvalue weighted by molar-refractivity contribution is 5.98. The number of anilines is 2. The van der Waals surface area contributed by atoms with Crippen LogP contribution in [0.4, 0.5) is 15.9 Å². The van der Waals surface area contributed by atoms with Crippen LogP contribution in [0.3, 0.4) is 0 Å². The Kier molecular flexibility index (Phi) is 4.07. The fraction of sp³-hybridized carbons (Fsp3) is 0.200. The lowest BCUT2D eigenvalue weighted by atomic mass is 10.1. The minimum absolute atomic E-state index is 0.203. The van der Waals surface area contributed by atoms with Crippen molar-refractivity contribution in [3.8, 4) is 0 Å². The summed E-state index contributed by atoms with van der Waals surface area (Å²) in [6.45, 7) is 3.54. The first-order valence-electron chi connectivity index (χ1n) is 6.46. The summed E-state index contributed by atoms with van der Waals surface area (Å²) in [5.74, 6) is -0.577. The van der Waals surface area contributed by atoms with E-state index in [2.05, 4.69) is 10.3 Å². The Morgan fingerprint density at radius 1 is 1.38 bits per heavy atom. The van der Waals surface area contributed by atoms with E-state index in [0.717, 1.165) is 5.56 Å². The quantitative estimate of drug-likeness (QED) is 0.805. The van der Waals surface area contributed by atoms with E-state index in [1.54, 1.807) is 13.0 Å². The van der Waals surface area contributed by atoms with Crippen LogP contribution in [0, 0.1) is 12.7 Å². The molecule has 2 rings (SSSR count). The molecule has 1 unspecified atom stereocenters. The van der Waals surface area contributed by atoms with Crippen molar-refractivity contribution in [3.63, 3.8) is 0 Å². The monoisotopic (exact) mass is 288 g/mol. The largest absolute Gasteiger partial charge is 0.397 e. The van der Waals surface area contributed by atoms with Crippen LogP contribution in [0.15, 0.2) is 30.5 Å². The molecule has 2 aromatic rings. The number of nitrogens with one attached hydrogen (secondary N) is 1. The van der Waals surface area contributed by atoms with Crippen LogP contribution in [0.5, 0.6) is 0 Å². The minimum atomic E-state index is -0.625. The zero-order valence-corrected chi connectivity index (χ0v) is 11.9. The number of rotatable bonds is 4. The molecule has 6 heteroatoms. The van der Waals surface area contributed by atoms with Gasteiger partial charge in [0.15, 0.2) is 0 Å². The van der Waals surface area contributed by atoms with Crippen LogP contribution in [-0.2, 0) is 0 Å². The van der Waals surface area contributed by atoms with Crippen LogP contribution in [-0.4, -0.2) is 10.9 Å². The summed E-state index contributed by atoms with van der Waals surface area (Å²) in [5.41, 5.74) is 12.8. The third-order valence-corrected chi connectivity index (χ3v) is 3.22. The number of hydrogen-bond acceptors (Lipinski definition) is 4. The second-order valence-corrected chi connectivity index (χ2v) is 4.90. The molecule has 0 aliphatic carbocycles. The number of amides is 1. The molecule has 1 aromatic carbocycles. The fourth-order valence-electron chi connectivity index (χ4n) is 1.95. The summed E-state index contributed by atoms with van der Waals surface area (Å²) >= 11 is 0. The van der Waals surface area contributed by atoms with E-state index in [0.29, 0.717) is 17.1 Å². The number of aromatic nitrogens is 1. The van der Waals surface area contributed by atoms with Gasteiger partial charge in [-0.15, -0.1) is 0 Å². The van der Waals surface area contributed by atoms with Crippen molar-refractivity contribution in [3.05, 3.63) is 53.0 Å². The standard InChI is InChI=1S/C15H17FN4O/c1-8-3-4-10(5-13(8)16)9(2)20-15-12(14(18)21)6-11(17)7-19-15/h3-7,9H,17H2,1-2H3,(H2,18,21)(H,19,20). The molecule has 5 N–H and O–H groups in total. The van der Waals surface area contributed by atoms with Gasteiger partial charge in [0.25, 0.3) is 5.91 Å². The third-order valence-electron chi connectivity index (χ3n) is 3.22. The lowest BCUT2D eigenvalue weighted by molar-refractivity contribution is 0.100. The predicted molar refractivity (Wildman–Crippen MR) is 80.3 cm³/mol. The van der Waals surface area contributed by atoms with E-state index in [9.17, 15) is 9.18 Å². The molecule has 0 radical (unpaired) electrons. The zero-order valence-electron chi connectivity index (χ0n) is 11.9. The van der Waals surface area contributed by atoms with Crippen LogP contribution in [0.25, 0.3) is 0 Å². The van der Waals surface area contributed by atoms with Gasteiger partial charge in [-0.25, -0.2) is 9.37 Å². The maximum Gasteiger partial charge on any atom is 0.252 e. The van der Waals surface area contributed by atoms with Gasteiger partial charge in [-0.3, -0.25) is 4.79 Å². The summed E-state index contributed by atoms with van der Waals surface area (Å²) in [4.78, 5) is 15.5. The van der Waals surface area contributed by atoms with E-state index in [-0.39, 0.29) is 17.4 Å². The minimum Gasteiger partial charge on any atom is -0.397 e. The number of halogens is 1. The summed E-state index contributed by atoms with van der Waals surface area (Å²) < 4.78 is 13.6. The zero-order chi connectivity index (χ0) is 15.6. The molecule has 0 saturated carbocycles. The van der Waals surface area contributed by atoms with E-state index < -0.39 is 5.91 Å². The number of carbonyl (C=O) groups excluding carboxylic acids is 1. The molecule has 0 spiro atoms. The van der Waals surface area contributed by atoms with Crippen LogP contribution in [0.1, 0.15) is 34.5 Å². The third kappa shape index (κ3) is 3.28. The number of hydrogen-bond donors (Lipinski definition) is 3. The van der Waals surface area contributed by atoms with Gasteiger partial charge in [0.2, 0.25) is 0 Å². The first-order valence-corrected chi connectivity index (χ1v) is 6.46. The van der Waals surface area contributed by atoms with Gasteiger partial charge in [0, 0.05) is 0 Å². The summed E-state index contributed by atoms with van der Waals surface area (Å²) in [6.07, 6.45) is 1.43. The molecule has 0 fully saturated rings. The van der Waals surface area contributed by atoms with Crippen LogP contribution in [0.2, 0.25) is 0 Å². The smallest absolute Gasteiger partial charge is 0.252 e. The number of aryl methyl sites for hydroxylation is 1. The highest BCUT2D eigenvalue weighted by atomic mass is 19.1. The van der Waals surface area contributed by atoms with Crippen molar-refractivity contribution in [1.82, 2.24) is 4.98 Å². The molecule has 0 aliphatic rings. The normalized spacial score (nSPS) is 12.0. The molecule has 1 heterocycles. The Morgan fingerprint density at radius 3 is 2.71 bits per heavy atom. The summed E-state index contributed by atoms with van der Waals surface area (Å²) in [5, 5.41) is 3.05. The number of primary amides is 1. The SMILES string of the molecule is Cc1ccc(C(C)Nc2ncc(N)cc2C(N)=O)cc1F. The number of nitrogen functional groups attached to an aromatic ring is 1. The molecule has 5 nitrogen and oxygen atoms in total. The number of nitrogens with zero attached hydrogens (tertiary/aromatic N) is 1. The second-order valence-electron chi connectivity index (χ2n) is 4.90. The second kappa shape index (κ2) is 5.78. The first kappa shape index (κ1) is 14.8. The number of benzene rings is 1. The van der Waals surface area contributed by atoms with Crippen molar-refractivity contribution < 1.29 is 9.18 Å². The van der Waals surface area contributed by atoms with E-state index in [4.69, 9.17) is 11.5 Å². The Hall–Kier alpha value is -2.63. The van der Waals surface area contributed by atoms with Crippen molar-refractivity contribution >= 4 is 17.4 Å². The van der Waals surface area contributed by atoms with E-state index in [1.165, 1.54) is 18.3 Å². The van der Waals surface area contributed by atoms with E-state index >= 15 is 0 Å². The topological polar surface area (TPSA) is 94.0 Å². The molecule has 1 aromatic heterocycles. The number of pyridine rings is 1. The predicted octanol–water partition coefficient (Wildman–Crippen LogP) is 2.38. The summed E-state index contributed by atoms with van der Waals surface area (Å²) in [6, 6.07) is 6.19. The molecule has 21 heavy (non-hydrogen) atoms. The first-order chi connectivity index (χ1) is 9.88. The molecule has 1 atom stereocenters. The van der Waals surface area contributed by atoms with Crippen LogP contribution >= 0.6 is 0 Å². The molecular weight excluding hydrogens is 271 g/mol. The molecule has 0 aliphatic heterocycles. The molecule has 0 bridgehead atoms. The average Bonchev–Trinajstić information content (AvgIpc) is 2.43. The Labute approximate surface area is 122 Å². The van der Waals surface area contributed by atoms with Gasteiger partial charge < -0.3 is 16.8 Å². The van der Waals surface area contributed by atoms with Crippen molar-refractivity contribution in [1.29, 1.82) is 0 Å². The van der Waals surface area contributed by atoms with Crippen molar-refractivity contribution in [2.75, 3.05) is 11.1 Å². The number of nitrogens with two attached hydrogens (primary N) is 2. The lowest BCUT2D eigenvalue weighted by Gasteiger charge is -2.17. The molecule has 1 amide bonds.